The summed E-state index contributed by atoms with van der Waals surface area (Å²) in [6.07, 6.45) is -3.19. The van der Waals surface area contributed by atoms with Crippen LogP contribution < -0.4 is 5.43 Å². The Hall–Kier alpha value is -3.35. The third-order valence-corrected chi connectivity index (χ3v) is 3.73. The van der Waals surface area contributed by atoms with Crippen molar-refractivity contribution in [3.8, 4) is 5.75 Å². The highest BCUT2D eigenvalue weighted by Crippen LogP contribution is 2.29. The number of alkyl halides is 3. The minimum atomic E-state index is -4.41. The van der Waals surface area contributed by atoms with E-state index in [2.05, 4.69) is 10.5 Å². The van der Waals surface area contributed by atoms with Crippen LogP contribution in [0.25, 0.3) is 10.8 Å². The van der Waals surface area contributed by atoms with Gasteiger partial charge < -0.3 is 5.11 Å². The van der Waals surface area contributed by atoms with E-state index in [9.17, 15) is 23.1 Å². The van der Waals surface area contributed by atoms with Crippen molar-refractivity contribution < 1.29 is 23.1 Å². The summed E-state index contributed by atoms with van der Waals surface area (Å²) in [5.74, 6) is -0.817. The number of halogens is 3. The highest BCUT2D eigenvalue weighted by Gasteiger charge is 2.29. The second kappa shape index (κ2) is 6.87. The van der Waals surface area contributed by atoms with Gasteiger partial charge >= 0.3 is 6.18 Å². The number of nitrogens with zero attached hydrogens (tertiary/aromatic N) is 1. The predicted molar refractivity (Wildman–Crippen MR) is 92.1 cm³/mol. The molecule has 1 amide bonds. The maximum absolute atomic E-state index is 12.5. The van der Waals surface area contributed by atoms with Crippen LogP contribution in [0.2, 0.25) is 0 Å². The van der Waals surface area contributed by atoms with Gasteiger partial charge in [0.1, 0.15) is 5.75 Å². The van der Waals surface area contributed by atoms with Gasteiger partial charge in [-0.2, -0.15) is 18.3 Å². The maximum atomic E-state index is 12.5. The van der Waals surface area contributed by atoms with Crippen molar-refractivity contribution >= 4 is 22.9 Å². The monoisotopic (exact) mass is 358 g/mol. The third-order valence-electron chi connectivity index (χ3n) is 3.73. The van der Waals surface area contributed by atoms with E-state index in [0.29, 0.717) is 5.56 Å². The van der Waals surface area contributed by atoms with Crippen LogP contribution in [-0.2, 0) is 6.18 Å². The molecule has 0 bridgehead atoms. The second-order valence-corrected chi connectivity index (χ2v) is 5.54. The van der Waals surface area contributed by atoms with E-state index in [1.165, 1.54) is 30.5 Å². The number of nitrogens with one attached hydrogen (secondary N) is 1. The Bertz CT molecular complexity index is 980. The first kappa shape index (κ1) is 17.5. The molecular formula is C19H13F3N2O2. The average molecular weight is 358 g/mol. The number of amides is 1. The second-order valence-electron chi connectivity index (χ2n) is 5.54. The Morgan fingerprint density at radius 1 is 1.00 bits per heavy atom. The van der Waals surface area contributed by atoms with Crippen molar-refractivity contribution in [2.45, 2.75) is 6.18 Å². The normalized spacial score (nSPS) is 11.8. The molecule has 3 aromatic rings. The molecule has 0 spiro atoms. The minimum Gasteiger partial charge on any atom is -0.507 e. The van der Waals surface area contributed by atoms with Crippen molar-refractivity contribution in [1.82, 2.24) is 5.43 Å². The van der Waals surface area contributed by atoms with Crippen molar-refractivity contribution in [3.63, 3.8) is 0 Å². The number of hydrazone groups is 1. The molecule has 0 heterocycles. The summed E-state index contributed by atoms with van der Waals surface area (Å²) in [7, 11) is 0. The molecule has 0 aliphatic heterocycles. The van der Waals surface area contributed by atoms with Gasteiger partial charge in [-0.1, -0.05) is 36.4 Å². The molecule has 0 radical (unpaired) electrons. The lowest BCUT2D eigenvalue weighted by molar-refractivity contribution is -0.137. The van der Waals surface area contributed by atoms with Gasteiger partial charge in [-0.25, -0.2) is 5.43 Å². The lowest BCUT2D eigenvalue weighted by Crippen LogP contribution is -2.17. The number of carbonyl (C=O) groups excluding carboxylic acids is 1. The Morgan fingerprint density at radius 2 is 1.62 bits per heavy atom. The smallest absolute Gasteiger partial charge is 0.416 e. The van der Waals surface area contributed by atoms with Crippen LogP contribution in [0.15, 0.2) is 65.8 Å². The minimum absolute atomic E-state index is 0.0493. The van der Waals surface area contributed by atoms with Gasteiger partial charge in [0.2, 0.25) is 0 Å². The zero-order chi connectivity index (χ0) is 18.7. The molecule has 26 heavy (non-hydrogen) atoms. The van der Waals surface area contributed by atoms with E-state index in [-0.39, 0.29) is 11.3 Å². The summed E-state index contributed by atoms with van der Waals surface area (Å²) in [6, 6.07) is 14.6. The first-order valence-electron chi connectivity index (χ1n) is 7.57. The zero-order valence-electron chi connectivity index (χ0n) is 13.3. The van der Waals surface area contributed by atoms with Crippen LogP contribution in [-0.4, -0.2) is 17.2 Å². The lowest BCUT2D eigenvalue weighted by atomic mass is 10.1. The van der Waals surface area contributed by atoms with Crippen LogP contribution in [0.5, 0.6) is 5.75 Å². The highest BCUT2D eigenvalue weighted by molar-refractivity contribution is 6.01. The number of phenols is 1. The van der Waals surface area contributed by atoms with E-state index in [0.717, 1.165) is 22.9 Å². The fraction of sp³-hybridized carbons (Fsp3) is 0.0526. The topological polar surface area (TPSA) is 61.7 Å². The van der Waals surface area contributed by atoms with Crippen LogP contribution in [0.1, 0.15) is 21.5 Å². The molecule has 0 saturated carbocycles. The van der Waals surface area contributed by atoms with Crippen molar-refractivity contribution in [3.05, 3.63) is 77.4 Å². The van der Waals surface area contributed by atoms with Gasteiger partial charge in [-0.05, 0) is 40.6 Å². The largest absolute Gasteiger partial charge is 0.507 e. The van der Waals surface area contributed by atoms with Gasteiger partial charge in [-0.15, -0.1) is 0 Å². The number of aromatic hydroxyl groups is 1. The van der Waals surface area contributed by atoms with Crippen molar-refractivity contribution in [1.29, 1.82) is 0 Å². The van der Waals surface area contributed by atoms with E-state index < -0.39 is 17.6 Å². The van der Waals surface area contributed by atoms with Crippen LogP contribution >= 0.6 is 0 Å². The Morgan fingerprint density at radius 3 is 2.23 bits per heavy atom. The zero-order valence-corrected chi connectivity index (χ0v) is 13.3. The van der Waals surface area contributed by atoms with Crippen LogP contribution in [0, 0.1) is 0 Å². The van der Waals surface area contributed by atoms with E-state index in [1.807, 2.05) is 12.1 Å². The summed E-state index contributed by atoms with van der Waals surface area (Å²) in [5.41, 5.74) is 1.92. The third kappa shape index (κ3) is 3.83. The first-order chi connectivity index (χ1) is 12.3. The SMILES string of the molecule is O=C(N/N=C/c1ccc(C(F)(F)F)cc1)c1cc2ccccc2cc1O. The van der Waals surface area contributed by atoms with Crippen molar-refractivity contribution in [2.75, 3.05) is 0 Å². The summed E-state index contributed by atoms with van der Waals surface area (Å²) in [4.78, 5) is 12.2. The van der Waals surface area contributed by atoms with Crippen LogP contribution in [0.4, 0.5) is 13.2 Å². The Labute approximate surface area is 146 Å². The number of benzene rings is 3. The number of hydrogen-bond donors (Lipinski definition) is 2. The number of fused-ring (bicyclic) bond motifs is 1. The molecule has 0 aliphatic rings. The van der Waals surface area contributed by atoms with Crippen LogP contribution in [0.3, 0.4) is 0 Å². The van der Waals surface area contributed by atoms with E-state index in [4.69, 9.17) is 0 Å². The summed E-state index contributed by atoms with van der Waals surface area (Å²) in [5, 5.41) is 15.3. The highest BCUT2D eigenvalue weighted by atomic mass is 19.4. The number of rotatable bonds is 3. The fourth-order valence-electron chi connectivity index (χ4n) is 2.39. The molecule has 2 N–H and O–H groups in total. The van der Waals surface area contributed by atoms with E-state index in [1.54, 1.807) is 12.1 Å². The number of phenolic OH excluding ortho intramolecular Hbond substituents is 1. The molecule has 3 aromatic carbocycles. The molecule has 3 rings (SSSR count). The first-order valence-corrected chi connectivity index (χ1v) is 7.57. The maximum Gasteiger partial charge on any atom is 0.416 e. The summed E-state index contributed by atoms with van der Waals surface area (Å²) < 4.78 is 37.5. The average Bonchev–Trinajstić information content (AvgIpc) is 2.60. The molecule has 4 nitrogen and oxygen atoms in total. The van der Waals surface area contributed by atoms with Gasteiger partial charge in [0.25, 0.3) is 5.91 Å². The molecule has 132 valence electrons. The van der Waals surface area contributed by atoms with Crippen molar-refractivity contribution in [2.24, 2.45) is 5.10 Å². The Kier molecular flexibility index (Phi) is 4.62. The number of carbonyl (C=O) groups is 1. The molecule has 0 aliphatic carbocycles. The van der Waals surface area contributed by atoms with Gasteiger partial charge in [-0.3, -0.25) is 4.79 Å². The molecule has 0 saturated heterocycles. The van der Waals surface area contributed by atoms with E-state index >= 15 is 0 Å². The van der Waals surface area contributed by atoms with Gasteiger partial charge in [0.05, 0.1) is 17.3 Å². The predicted octanol–water partition coefficient (Wildman–Crippen LogP) is 4.33. The lowest BCUT2D eigenvalue weighted by Gasteiger charge is -2.06. The molecule has 7 heteroatoms. The van der Waals surface area contributed by atoms with Gasteiger partial charge in [0.15, 0.2) is 0 Å². The fourth-order valence-corrected chi connectivity index (χ4v) is 2.39. The van der Waals surface area contributed by atoms with Gasteiger partial charge in [0, 0.05) is 0 Å². The number of hydrogen-bond acceptors (Lipinski definition) is 3. The molecule has 0 aromatic heterocycles. The molecule has 0 fully saturated rings. The standard InChI is InChI=1S/C19H13F3N2O2/c20-19(21,22)15-7-5-12(6-8-15)11-23-24-18(26)16-9-13-3-1-2-4-14(13)10-17(16)25/h1-11,25H,(H,24,26)/b23-11+. The molecule has 0 atom stereocenters. The summed E-state index contributed by atoms with van der Waals surface area (Å²) in [6.45, 7) is 0. The molecular weight excluding hydrogens is 345 g/mol. The molecule has 0 unspecified atom stereocenters. The summed E-state index contributed by atoms with van der Waals surface area (Å²) >= 11 is 0. The Balaban J connectivity index is 1.72. The quantitative estimate of drug-likeness (QED) is 0.541.